The van der Waals surface area contributed by atoms with Gasteiger partial charge in [0.05, 0.1) is 6.61 Å². The summed E-state index contributed by atoms with van der Waals surface area (Å²) in [6.07, 6.45) is -0.778. The molecule has 0 amide bonds. The van der Waals surface area contributed by atoms with Crippen molar-refractivity contribution >= 4 is 5.97 Å². The standard InChI is InChI=1S/C12H16O4/c1-8-3-4-10(9(2)5-8)11(13)6-16-7-12(14)15/h3-5,11,13H,6-7H2,1-2H3,(H,14,15). The van der Waals surface area contributed by atoms with Crippen LogP contribution in [0.2, 0.25) is 0 Å². The monoisotopic (exact) mass is 224 g/mol. The van der Waals surface area contributed by atoms with Gasteiger partial charge >= 0.3 is 5.97 Å². The molecule has 1 aromatic rings. The highest BCUT2D eigenvalue weighted by atomic mass is 16.5. The van der Waals surface area contributed by atoms with Crippen molar-refractivity contribution in [3.05, 3.63) is 34.9 Å². The van der Waals surface area contributed by atoms with E-state index in [0.717, 1.165) is 16.7 Å². The molecule has 88 valence electrons. The van der Waals surface area contributed by atoms with E-state index in [0.29, 0.717) is 0 Å². The van der Waals surface area contributed by atoms with Crippen LogP contribution in [-0.4, -0.2) is 29.4 Å². The molecule has 4 heteroatoms. The topological polar surface area (TPSA) is 66.8 Å². The highest BCUT2D eigenvalue weighted by Crippen LogP contribution is 2.18. The van der Waals surface area contributed by atoms with E-state index in [4.69, 9.17) is 9.84 Å². The lowest BCUT2D eigenvalue weighted by molar-refractivity contribution is -0.143. The second-order valence-electron chi connectivity index (χ2n) is 3.78. The van der Waals surface area contributed by atoms with Crippen molar-refractivity contribution in [1.29, 1.82) is 0 Å². The quantitative estimate of drug-likeness (QED) is 0.794. The van der Waals surface area contributed by atoms with Crippen molar-refractivity contribution in [3.8, 4) is 0 Å². The zero-order valence-corrected chi connectivity index (χ0v) is 9.43. The van der Waals surface area contributed by atoms with Gasteiger partial charge in [-0.05, 0) is 25.0 Å². The van der Waals surface area contributed by atoms with E-state index < -0.39 is 12.1 Å². The molecule has 1 aromatic carbocycles. The Balaban J connectivity index is 2.58. The molecule has 0 heterocycles. The fourth-order valence-electron chi connectivity index (χ4n) is 1.55. The number of carboxylic acid groups (broad SMARTS) is 1. The first-order valence-corrected chi connectivity index (χ1v) is 5.05. The van der Waals surface area contributed by atoms with Crippen molar-refractivity contribution in [3.63, 3.8) is 0 Å². The zero-order valence-electron chi connectivity index (χ0n) is 9.43. The molecule has 0 aliphatic rings. The van der Waals surface area contributed by atoms with E-state index in [2.05, 4.69) is 0 Å². The van der Waals surface area contributed by atoms with Gasteiger partial charge in [-0.3, -0.25) is 0 Å². The van der Waals surface area contributed by atoms with Crippen LogP contribution in [0.15, 0.2) is 18.2 Å². The predicted octanol–water partition coefficient (Wildman–Crippen LogP) is 1.44. The van der Waals surface area contributed by atoms with Crippen molar-refractivity contribution in [2.24, 2.45) is 0 Å². The molecule has 0 fully saturated rings. The average molecular weight is 224 g/mol. The third kappa shape index (κ3) is 3.64. The van der Waals surface area contributed by atoms with E-state index in [1.165, 1.54) is 0 Å². The summed E-state index contributed by atoms with van der Waals surface area (Å²) in [5.41, 5.74) is 2.88. The number of aliphatic hydroxyl groups excluding tert-OH is 1. The molecular formula is C12H16O4. The normalized spacial score (nSPS) is 12.4. The van der Waals surface area contributed by atoms with Crippen LogP contribution in [0, 0.1) is 13.8 Å². The number of carboxylic acids is 1. The first-order chi connectivity index (χ1) is 7.50. The lowest BCUT2D eigenvalue weighted by Crippen LogP contribution is -2.13. The predicted molar refractivity (Wildman–Crippen MR) is 59.3 cm³/mol. The van der Waals surface area contributed by atoms with Gasteiger partial charge in [0.2, 0.25) is 0 Å². The van der Waals surface area contributed by atoms with Crippen LogP contribution in [-0.2, 0) is 9.53 Å². The average Bonchev–Trinajstić information content (AvgIpc) is 2.16. The van der Waals surface area contributed by atoms with Crippen LogP contribution >= 0.6 is 0 Å². The minimum atomic E-state index is -1.03. The molecule has 1 rings (SSSR count). The molecule has 0 radical (unpaired) electrons. The van der Waals surface area contributed by atoms with Crippen molar-refractivity contribution < 1.29 is 19.7 Å². The Morgan fingerprint density at radius 2 is 2.12 bits per heavy atom. The van der Waals surface area contributed by atoms with Gasteiger partial charge in [0.1, 0.15) is 12.7 Å². The van der Waals surface area contributed by atoms with Gasteiger partial charge in [0.25, 0.3) is 0 Å². The molecule has 0 saturated heterocycles. The Kier molecular flexibility index (Phi) is 4.46. The summed E-state index contributed by atoms with van der Waals surface area (Å²) in [4.78, 5) is 10.2. The number of carbonyl (C=O) groups is 1. The lowest BCUT2D eigenvalue weighted by atomic mass is 10.0. The van der Waals surface area contributed by atoms with E-state index in [9.17, 15) is 9.90 Å². The molecule has 1 unspecified atom stereocenters. The van der Waals surface area contributed by atoms with Crippen LogP contribution in [0.5, 0.6) is 0 Å². The van der Waals surface area contributed by atoms with Crippen molar-refractivity contribution in [1.82, 2.24) is 0 Å². The van der Waals surface area contributed by atoms with Gasteiger partial charge in [-0.1, -0.05) is 23.8 Å². The molecule has 0 saturated carbocycles. The third-order valence-corrected chi connectivity index (χ3v) is 2.29. The number of benzene rings is 1. The maximum absolute atomic E-state index is 10.2. The Morgan fingerprint density at radius 3 is 2.69 bits per heavy atom. The minimum Gasteiger partial charge on any atom is -0.480 e. The first-order valence-electron chi connectivity index (χ1n) is 5.05. The van der Waals surface area contributed by atoms with E-state index in [-0.39, 0.29) is 13.2 Å². The smallest absolute Gasteiger partial charge is 0.329 e. The fraction of sp³-hybridized carbons (Fsp3) is 0.417. The number of aliphatic hydroxyl groups is 1. The molecule has 4 nitrogen and oxygen atoms in total. The largest absolute Gasteiger partial charge is 0.480 e. The maximum atomic E-state index is 10.2. The van der Waals surface area contributed by atoms with Gasteiger partial charge in [-0.25, -0.2) is 4.79 Å². The summed E-state index contributed by atoms with van der Waals surface area (Å²) >= 11 is 0. The molecule has 0 aliphatic carbocycles. The van der Waals surface area contributed by atoms with E-state index in [1.807, 2.05) is 32.0 Å². The molecule has 16 heavy (non-hydrogen) atoms. The second-order valence-corrected chi connectivity index (χ2v) is 3.78. The molecule has 0 aromatic heterocycles. The van der Waals surface area contributed by atoms with Crippen LogP contribution in [0.1, 0.15) is 22.8 Å². The Bertz CT molecular complexity index is 373. The number of hydrogen-bond donors (Lipinski definition) is 2. The molecular weight excluding hydrogens is 208 g/mol. The van der Waals surface area contributed by atoms with Gasteiger partial charge < -0.3 is 14.9 Å². The number of hydrogen-bond acceptors (Lipinski definition) is 3. The minimum absolute atomic E-state index is 0.00377. The van der Waals surface area contributed by atoms with Gasteiger partial charge in [-0.15, -0.1) is 0 Å². The number of rotatable bonds is 5. The Labute approximate surface area is 94.5 Å². The molecule has 0 aliphatic heterocycles. The third-order valence-electron chi connectivity index (χ3n) is 2.29. The molecule has 1 atom stereocenters. The number of ether oxygens (including phenoxy) is 1. The Hall–Kier alpha value is -1.39. The van der Waals surface area contributed by atoms with Crippen molar-refractivity contribution in [2.45, 2.75) is 20.0 Å². The van der Waals surface area contributed by atoms with Crippen LogP contribution in [0.4, 0.5) is 0 Å². The summed E-state index contributed by atoms with van der Waals surface area (Å²) in [5.74, 6) is -1.03. The molecule has 2 N–H and O–H groups in total. The van der Waals surface area contributed by atoms with E-state index >= 15 is 0 Å². The van der Waals surface area contributed by atoms with Crippen molar-refractivity contribution in [2.75, 3.05) is 13.2 Å². The zero-order chi connectivity index (χ0) is 12.1. The SMILES string of the molecule is Cc1ccc(C(O)COCC(=O)O)c(C)c1. The maximum Gasteiger partial charge on any atom is 0.329 e. The fourth-order valence-corrected chi connectivity index (χ4v) is 1.55. The van der Waals surface area contributed by atoms with Gasteiger partial charge in [-0.2, -0.15) is 0 Å². The van der Waals surface area contributed by atoms with Crippen LogP contribution in [0.3, 0.4) is 0 Å². The summed E-state index contributed by atoms with van der Waals surface area (Å²) in [6, 6.07) is 5.71. The molecule has 0 bridgehead atoms. The summed E-state index contributed by atoms with van der Waals surface area (Å²) in [6.45, 7) is 3.49. The first kappa shape index (κ1) is 12.7. The number of aryl methyl sites for hydroxylation is 2. The van der Waals surface area contributed by atoms with E-state index in [1.54, 1.807) is 0 Å². The Morgan fingerprint density at radius 1 is 1.44 bits per heavy atom. The lowest BCUT2D eigenvalue weighted by Gasteiger charge is -2.13. The van der Waals surface area contributed by atoms with Gasteiger partial charge in [0.15, 0.2) is 0 Å². The van der Waals surface area contributed by atoms with Crippen LogP contribution in [0.25, 0.3) is 0 Å². The summed E-state index contributed by atoms with van der Waals surface area (Å²) in [7, 11) is 0. The van der Waals surface area contributed by atoms with Gasteiger partial charge in [0, 0.05) is 0 Å². The van der Waals surface area contributed by atoms with Crippen LogP contribution < -0.4 is 0 Å². The highest BCUT2D eigenvalue weighted by Gasteiger charge is 2.11. The summed E-state index contributed by atoms with van der Waals surface area (Å²) in [5, 5.41) is 18.2. The number of aliphatic carboxylic acids is 1. The second kappa shape index (κ2) is 5.63. The summed E-state index contributed by atoms with van der Waals surface area (Å²) < 4.78 is 4.85. The highest BCUT2D eigenvalue weighted by molar-refractivity contribution is 5.67. The molecule has 0 spiro atoms.